The van der Waals surface area contributed by atoms with Crippen LogP contribution in [0.25, 0.3) is 0 Å². The summed E-state index contributed by atoms with van der Waals surface area (Å²) in [7, 11) is 0. The maximum absolute atomic E-state index is 10.2. The molecule has 0 amide bonds. The van der Waals surface area contributed by atoms with Crippen molar-refractivity contribution < 1.29 is 5.11 Å². The fraction of sp³-hybridized carbons (Fsp3) is 0.500. The molecule has 0 aliphatic heterocycles. The van der Waals surface area contributed by atoms with E-state index in [9.17, 15) is 5.11 Å². The van der Waals surface area contributed by atoms with Crippen LogP contribution in [0.5, 0.6) is 0 Å². The molecule has 2 saturated carbocycles. The molecule has 2 aliphatic rings. The summed E-state index contributed by atoms with van der Waals surface area (Å²) < 4.78 is -0.0125. The van der Waals surface area contributed by atoms with Gasteiger partial charge in [0.05, 0.1) is 10.4 Å². The molecule has 0 heterocycles. The second kappa shape index (κ2) is 2.61. The van der Waals surface area contributed by atoms with Crippen molar-refractivity contribution in [3.63, 3.8) is 0 Å². The first-order valence-electron chi connectivity index (χ1n) is 5.10. The summed E-state index contributed by atoms with van der Waals surface area (Å²) in [5, 5.41) is 10.2. The zero-order valence-electron chi connectivity index (χ0n) is 7.91. The lowest BCUT2D eigenvalue weighted by atomic mass is 10.0. The van der Waals surface area contributed by atoms with E-state index in [4.69, 9.17) is 0 Å². The van der Waals surface area contributed by atoms with Gasteiger partial charge < -0.3 is 5.11 Å². The molecule has 1 aromatic rings. The molecule has 14 heavy (non-hydrogen) atoms. The molecule has 1 N–H and O–H groups in total. The first-order chi connectivity index (χ1) is 6.68. The van der Waals surface area contributed by atoms with Crippen molar-refractivity contribution in [2.24, 2.45) is 5.41 Å². The minimum atomic E-state index is -0.341. The molecule has 2 heteroatoms. The fourth-order valence-electron chi connectivity index (χ4n) is 2.48. The van der Waals surface area contributed by atoms with Gasteiger partial charge in [0.2, 0.25) is 0 Å². The van der Waals surface area contributed by atoms with Gasteiger partial charge in [-0.05, 0) is 30.2 Å². The molecule has 3 rings (SSSR count). The van der Waals surface area contributed by atoms with Gasteiger partial charge in [-0.25, -0.2) is 0 Å². The highest BCUT2D eigenvalue weighted by atomic mass is 79.9. The van der Waals surface area contributed by atoms with E-state index in [1.807, 2.05) is 30.3 Å². The van der Waals surface area contributed by atoms with Crippen LogP contribution in [0.15, 0.2) is 30.3 Å². The van der Waals surface area contributed by atoms with Crippen molar-refractivity contribution in [1.29, 1.82) is 0 Å². The smallest absolute Gasteiger partial charge is 0.0948 e. The molecule has 2 atom stereocenters. The number of benzene rings is 1. The first-order valence-corrected chi connectivity index (χ1v) is 5.89. The van der Waals surface area contributed by atoms with Crippen LogP contribution in [0.4, 0.5) is 0 Å². The molecule has 0 aromatic heterocycles. The van der Waals surface area contributed by atoms with Gasteiger partial charge in [-0.1, -0.05) is 46.3 Å². The monoisotopic (exact) mass is 252 g/mol. The predicted octanol–water partition coefficient (Wildman–Crippen LogP) is 3.04. The quantitative estimate of drug-likeness (QED) is 0.803. The summed E-state index contributed by atoms with van der Waals surface area (Å²) >= 11 is 3.73. The Labute approximate surface area is 92.3 Å². The Hall–Kier alpha value is -0.340. The van der Waals surface area contributed by atoms with Crippen LogP contribution in [-0.2, 0) is 0 Å². The van der Waals surface area contributed by atoms with Crippen molar-refractivity contribution in [3.8, 4) is 0 Å². The van der Waals surface area contributed by atoms with Gasteiger partial charge in [0.15, 0.2) is 0 Å². The van der Waals surface area contributed by atoms with E-state index in [0.29, 0.717) is 5.41 Å². The summed E-state index contributed by atoms with van der Waals surface area (Å²) in [6.07, 6.45) is 3.35. The van der Waals surface area contributed by atoms with E-state index in [2.05, 4.69) is 15.9 Å². The minimum Gasteiger partial charge on any atom is -0.387 e. The number of hydrogen-bond donors (Lipinski definition) is 1. The zero-order chi connectivity index (χ0) is 9.81. The van der Waals surface area contributed by atoms with Gasteiger partial charge >= 0.3 is 0 Å². The maximum atomic E-state index is 10.2. The van der Waals surface area contributed by atoms with Crippen LogP contribution < -0.4 is 0 Å². The molecular formula is C12H13BrO. The number of aliphatic hydroxyl groups excluding tert-OH is 1. The van der Waals surface area contributed by atoms with E-state index >= 15 is 0 Å². The standard InChI is InChI=1S/C12H13BrO/c13-12(8-11(12)6-7-11)10(14)9-4-2-1-3-5-9/h1-5,10,14H,6-8H2. The molecule has 1 nitrogen and oxygen atoms in total. The molecular weight excluding hydrogens is 240 g/mol. The van der Waals surface area contributed by atoms with Crippen LogP contribution >= 0.6 is 15.9 Å². The molecule has 2 fully saturated rings. The lowest BCUT2D eigenvalue weighted by Gasteiger charge is -2.17. The van der Waals surface area contributed by atoms with E-state index in [-0.39, 0.29) is 10.4 Å². The molecule has 2 unspecified atom stereocenters. The topological polar surface area (TPSA) is 20.2 Å². The van der Waals surface area contributed by atoms with Gasteiger partial charge in [-0.15, -0.1) is 0 Å². The van der Waals surface area contributed by atoms with Crippen LogP contribution in [0.3, 0.4) is 0 Å². The Balaban J connectivity index is 1.87. The van der Waals surface area contributed by atoms with Crippen LogP contribution in [0.1, 0.15) is 30.9 Å². The Morgan fingerprint density at radius 3 is 2.36 bits per heavy atom. The molecule has 0 saturated heterocycles. The summed E-state index contributed by atoms with van der Waals surface area (Å²) in [6.45, 7) is 0. The third kappa shape index (κ3) is 1.04. The molecule has 2 aliphatic carbocycles. The van der Waals surface area contributed by atoms with Gasteiger partial charge in [-0.3, -0.25) is 0 Å². The predicted molar refractivity (Wildman–Crippen MR) is 59.3 cm³/mol. The summed E-state index contributed by atoms with van der Waals surface area (Å²) in [6, 6.07) is 9.95. The molecule has 0 radical (unpaired) electrons. The van der Waals surface area contributed by atoms with Gasteiger partial charge in [0.1, 0.15) is 0 Å². The third-order valence-corrected chi connectivity index (χ3v) is 5.31. The van der Waals surface area contributed by atoms with E-state index < -0.39 is 0 Å². The van der Waals surface area contributed by atoms with Gasteiger partial charge in [0, 0.05) is 0 Å². The van der Waals surface area contributed by atoms with Crippen molar-refractivity contribution >= 4 is 15.9 Å². The second-order valence-electron chi connectivity index (χ2n) is 4.63. The molecule has 74 valence electrons. The summed E-state index contributed by atoms with van der Waals surface area (Å²) in [4.78, 5) is 0. The first kappa shape index (κ1) is 8.93. The number of rotatable bonds is 2. The largest absolute Gasteiger partial charge is 0.387 e. The average molecular weight is 253 g/mol. The normalized spacial score (nSPS) is 34.1. The number of aliphatic hydroxyl groups is 1. The lowest BCUT2D eigenvalue weighted by molar-refractivity contribution is 0.162. The fourth-order valence-corrected chi connectivity index (χ4v) is 3.68. The zero-order valence-corrected chi connectivity index (χ0v) is 9.50. The summed E-state index contributed by atoms with van der Waals surface area (Å²) in [5.41, 5.74) is 1.48. The molecule has 1 spiro atoms. The third-order valence-electron chi connectivity index (χ3n) is 3.75. The highest BCUT2D eigenvalue weighted by Crippen LogP contribution is 2.80. The summed E-state index contributed by atoms with van der Waals surface area (Å²) in [5.74, 6) is 0. The highest BCUT2D eigenvalue weighted by Gasteiger charge is 2.75. The van der Waals surface area contributed by atoms with Crippen LogP contribution in [0, 0.1) is 5.41 Å². The van der Waals surface area contributed by atoms with Gasteiger partial charge in [0.25, 0.3) is 0 Å². The van der Waals surface area contributed by atoms with Crippen molar-refractivity contribution in [2.45, 2.75) is 29.7 Å². The number of halogens is 1. The van der Waals surface area contributed by atoms with E-state index in [1.54, 1.807) is 0 Å². The Bertz CT molecular complexity index is 358. The minimum absolute atomic E-state index is 0.0125. The number of hydrogen-bond acceptors (Lipinski definition) is 1. The maximum Gasteiger partial charge on any atom is 0.0948 e. The highest BCUT2D eigenvalue weighted by molar-refractivity contribution is 9.10. The van der Waals surface area contributed by atoms with E-state index in [1.165, 1.54) is 12.8 Å². The Morgan fingerprint density at radius 1 is 1.21 bits per heavy atom. The second-order valence-corrected chi connectivity index (χ2v) is 6.05. The average Bonchev–Trinajstić information content (AvgIpc) is 3.09. The van der Waals surface area contributed by atoms with Crippen molar-refractivity contribution in [2.75, 3.05) is 0 Å². The van der Waals surface area contributed by atoms with Crippen LogP contribution in [-0.4, -0.2) is 9.43 Å². The van der Waals surface area contributed by atoms with Crippen molar-refractivity contribution in [1.82, 2.24) is 0 Å². The Kier molecular flexibility index (Phi) is 1.67. The van der Waals surface area contributed by atoms with Crippen molar-refractivity contribution in [3.05, 3.63) is 35.9 Å². The van der Waals surface area contributed by atoms with Gasteiger partial charge in [-0.2, -0.15) is 0 Å². The molecule has 1 aromatic carbocycles. The number of alkyl halides is 1. The Morgan fingerprint density at radius 2 is 1.86 bits per heavy atom. The van der Waals surface area contributed by atoms with E-state index in [0.717, 1.165) is 12.0 Å². The SMILES string of the molecule is OC(c1ccccc1)C1(Br)CC12CC2. The van der Waals surface area contributed by atoms with Crippen LogP contribution in [0.2, 0.25) is 0 Å². The molecule has 0 bridgehead atoms. The lowest BCUT2D eigenvalue weighted by Crippen LogP contribution is -2.15.